The molecule has 17 heavy (non-hydrogen) atoms. The second-order valence-corrected chi connectivity index (χ2v) is 5.35. The molecule has 0 aromatic heterocycles. The quantitative estimate of drug-likeness (QED) is 0.744. The van der Waals surface area contributed by atoms with Crippen LogP contribution < -0.4 is 0 Å². The van der Waals surface area contributed by atoms with Gasteiger partial charge in [-0.05, 0) is 58.1 Å². The lowest BCUT2D eigenvalue weighted by atomic mass is 10.0. The molecule has 0 amide bonds. The highest BCUT2D eigenvalue weighted by Gasteiger charge is 2.11. The van der Waals surface area contributed by atoms with Gasteiger partial charge in [0.15, 0.2) is 5.78 Å². The molecule has 0 aliphatic heterocycles. The van der Waals surface area contributed by atoms with Crippen molar-refractivity contribution in [2.75, 3.05) is 0 Å². The van der Waals surface area contributed by atoms with Gasteiger partial charge in [-0.1, -0.05) is 28.1 Å². The molecule has 0 radical (unpaired) electrons. The Morgan fingerprint density at radius 3 is 2.29 bits per heavy atom. The molecule has 0 aliphatic carbocycles. The van der Waals surface area contributed by atoms with E-state index in [1.807, 2.05) is 30.3 Å². The number of hydrogen-bond acceptors (Lipinski definition) is 2. The summed E-state index contributed by atoms with van der Waals surface area (Å²) >= 11 is 3.38. The third kappa shape index (κ3) is 2.92. The minimum Gasteiger partial charge on any atom is -0.289 e. The summed E-state index contributed by atoms with van der Waals surface area (Å²) in [6, 6.07) is 14.6. The molecule has 0 saturated heterocycles. The standard InChI is InChI=1S/C13H8BrClOS/c14-12-4-2-1-3-11(12)13(16)9-5-7-10(17-15)8-6-9/h1-8H. The first-order valence-electron chi connectivity index (χ1n) is 4.90. The van der Waals surface area contributed by atoms with Crippen LogP contribution >= 0.6 is 37.6 Å². The van der Waals surface area contributed by atoms with Crippen LogP contribution in [-0.4, -0.2) is 5.78 Å². The highest BCUT2D eigenvalue weighted by Crippen LogP contribution is 2.24. The molecule has 0 N–H and O–H groups in total. The fourth-order valence-corrected chi connectivity index (χ4v) is 2.47. The maximum absolute atomic E-state index is 12.2. The van der Waals surface area contributed by atoms with Gasteiger partial charge in [-0.15, -0.1) is 0 Å². The highest BCUT2D eigenvalue weighted by molar-refractivity contribution is 9.10. The fourth-order valence-electron chi connectivity index (χ4n) is 1.46. The van der Waals surface area contributed by atoms with Crippen LogP contribution in [0.5, 0.6) is 0 Å². The van der Waals surface area contributed by atoms with Gasteiger partial charge >= 0.3 is 0 Å². The molecule has 0 aliphatic rings. The number of carbonyl (C=O) groups is 1. The number of carbonyl (C=O) groups excluding carboxylic acids is 1. The van der Waals surface area contributed by atoms with Crippen molar-refractivity contribution >= 4 is 43.4 Å². The SMILES string of the molecule is O=C(c1ccc(SCl)cc1)c1ccccc1Br. The number of benzene rings is 2. The Morgan fingerprint density at radius 2 is 1.71 bits per heavy atom. The predicted molar refractivity (Wildman–Crippen MR) is 75.7 cm³/mol. The average Bonchev–Trinajstić information content (AvgIpc) is 2.39. The van der Waals surface area contributed by atoms with E-state index < -0.39 is 0 Å². The fraction of sp³-hybridized carbons (Fsp3) is 0. The van der Waals surface area contributed by atoms with Crippen LogP contribution in [0.2, 0.25) is 0 Å². The number of rotatable bonds is 3. The van der Waals surface area contributed by atoms with Gasteiger partial charge in [0.2, 0.25) is 0 Å². The van der Waals surface area contributed by atoms with Gasteiger partial charge in [0, 0.05) is 20.5 Å². The number of hydrogen-bond donors (Lipinski definition) is 0. The van der Waals surface area contributed by atoms with E-state index in [9.17, 15) is 4.79 Å². The molecular formula is C13H8BrClOS. The summed E-state index contributed by atoms with van der Waals surface area (Å²) in [5.41, 5.74) is 1.32. The van der Waals surface area contributed by atoms with Crippen LogP contribution in [0.3, 0.4) is 0 Å². The lowest BCUT2D eigenvalue weighted by Gasteiger charge is -2.04. The van der Waals surface area contributed by atoms with Crippen molar-refractivity contribution in [2.45, 2.75) is 4.90 Å². The first-order chi connectivity index (χ1) is 8.22. The molecule has 0 unspecified atom stereocenters. The van der Waals surface area contributed by atoms with Crippen LogP contribution in [0, 0.1) is 0 Å². The Hall–Kier alpha value is -0.770. The molecule has 0 fully saturated rings. The van der Waals surface area contributed by atoms with Gasteiger partial charge in [0.05, 0.1) is 0 Å². The Kier molecular flexibility index (Phi) is 4.26. The second-order valence-electron chi connectivity index (χ2n) is 3.41. The molecule has 2 aromatic rings. The van der Waals surface area contributed by atoms with E-state index in [1.54, 1.807) is 18.2 Å². The Morgan fingerprint density at radius 1 is 1.06 bits per heavy atom. The Labute approximate surface area is 117 Å². The zero-order chi connectivity index (χ0) is 12.3. The van der Waals surface area contributed by atoms with Crippen molar-refractivity contribution in [1.82, 2.24) is 0 Å². The lowest BCUT2D eigenvalue weighted by molar-refractivity contribution is 0.103. The third-order valence-electron chi connectivity index (χ3n) is 2.32. The van der Waals surface area contributed by atoms with Crippen molar-refractivity contribution < 1.29 is 4.79 Å². The lowest BCUT2D eigenvalue weighted by Crippen LogP contribution is -2.01. The molecule has 0 atom stereocenters. The summed E-state index contributed by atoms with van der Waals surface area (Å²) in [7, 11) is 6.77. The second kappa shape index (κ2) is 5.71. The molecule has 0 spiro atoms. The molecule has 1 nitrogen and oxygen atoms in total. The maximum Gasteiger partial charge on any atom is 0.194 e. The zero-order valence-electron chi connectivity index (χ0n) is 8.69. The van der Waals surface area contributed by atoms with Gasteiger partial charge < -0.3 is 0 Å². The first-order valence-corrected chi connectivity index (χ1v) is 7.34. The molecule has 0 saturated carbocycles. The van der Waals surface area contributed by atoms with E-state index in [-0.39, 0.29) is 5.78 Å². The number of halogens is 2. The van der Waals surface area contributed by atoms with Gasteiger partial charge in [-0.25, -0.2) is 0 Å². The van der Waals surface area contributed by atoms with Crippen molar-refractivity contribution in [3.05, 3.63) is 64.1 Å². The van der Waals surface area contributed by atoms with E-state index in [0.29, 0.717) is 11.1 Å². The van der Waals surface area contributed by atoms with E-state index in [1.165, 1.54) is 0 Å². The molecule has 0 heterocycles. The Balaban J connectivity index is 2.34. The van der Waals surface area contributed by atoms with Crippen molar-refractivity contribution in [3.63, 3.8) is 0 Å². The predicted octanol–water partition coefficient (Wildman–Crippen LogP) is 4.93. The van der Waals surface area contributed by atoms with E-state index >= 15 is 0 Å². The molecule has 86 valence electrons. The van der Waals surface area contributed by atoms with Crippen LogP contribution in [0.25, 0.3) is 0 Å². The van der Waals surface area contributed by atoms with Crippen molar-refractivity contribution in [2.24, 2.45) is 0 Å². The van der Waals surface area contributed by atoms with Gasteiger partial charge in [0.25, 0.3) is 0 Å². The summed E-state index contributed by atoms with van der Waals surface area (Å²) in [6.45, 7) is 0. The summed E-state index contributed by atoms with van der Waals surface area (Å²) < 4.78 is 0.806. The molecule has 2 aromatic carbocycles. The highest BCUT2D eigenvalue weighted by atomic mass is 79.9. The summed E-state index contributed by atoms with van der Waals surface area (Å²) in [6.07, 6.45) is 0. The average molecular weight is 328 g/mol. The summed E-state index contributed by atoms with van der Waals surface area (Å²) in [4.78, 5) is 13.1. The van der Waals surface area contributed by atoms with Crippen LogP contribution in [0.1, 0.15) is 15.9 Å². The summed E-state index contributed by atoms with van der Waals surface area (Å²) in [5, 5.41) is 0. The van der Waals surface area contributed by atoms with Crippen LogP contribution in [-0.2, 0) is 0 Å². The van der Waals surface area contributed by atoms with Gasteiger partial charge in [0.1, 0.15) is 0 Å². The minimum atomic E-state index is 0.00333. The molecule has 0 bridgehead atoms. The van der Waals surface area contributed by atoms with E-state index in [4.69, 9.17) is 10.7 Å². The zero-order valence-corrected chi connectivity index (χ0v) is 11.8. The Bertz CT molecular complexity index is 539. The molecule has 2 rings (SSSR count). The van der Waals surface area contributed by atoms with E-state index in [2.05, 4.69) is 15.9 Å². The topological polar surface area (TPSA) is 17.1 Å². The van der Waals surface area contributed by atoms with Crippen molar-refractivity contribution in [1.29, 1.82) is 0 Å². The van der Waals surface area contributed by atoms with Crippen LogP contribution in [0.4, 0.5) is 0 Å². The van der Waals surface area contributed by atoms with Gasteiger partial charge in [-0.3, -0.25) is 4.79 Å². The van der Waals surface area contributed by atoms with Crippen molar-refractivity contribution in [3.8, 4) is 0 Å². The molecule has 4 heteroatoms. The van der Waals surface area contributed by atoms with E-state index in [0.717, 1.165) is 20.3 Å². The monoisotopic (exact) mass is 326 g/mol. The minimum absolute atomic E-state index is 0.00333. The largest absolute Gasteiger partial charge is 0.289 e. The molecular weight excluding hydrogens is 320 g/mol. The smallest absolute Gasteiger partial charge is 0.194 e. The maximum atomic E-state index is 12.2. The normalized spacial score (nSPS) is 10.2. The third-order valence-corrected chi connectivity index (χ3v) is 4.00. The summed E-state index contributed by atoms with van der Waals surface area (Å²) in [5.74, 6) is 0.00333. The first kappa shape index (κ1) is 12.7. The van der Waals surface area contributed by atoms with Crippen LogP contribution in [0.15, 0.2) is 57.9 Å². The number of ketones is 1. The van der Waals surface area contributed by atoms with Gasteiger partial charge in [-0.2, -0.15) is 0 Å².